The number of rotatable bonds is 5. The van der Waals surface area contributed by atoms with Gasteiger partial charge >= 0.3 is 0 Å². The van der Waals surface area contributed by atoms with E-state index in [0.717, 1.165) is 31.0 Å². The molecule has 1 aliphatic heterocycles. The van der Waals surface area contributed by atoms with Crippen LogP contribution in [-0.4, -0.2) is 32.4 Å². The van der Waals surface area contributed by atoms with E-state index in [0.29, 0.717) is 6.61 Å². The van der Waals surface area contributed by atoms with Crippen molar-refractivity contribution in [1.29, 1.82) is 0 Å². The van der Waals surface area contributed by atoms with Crippen molar-refractivity contribution >= 4 is 8.32 Å². The predicted molar refractivity (Wildman–Crippen MR) is 93.5 cm³/mol. The predicted octanol–water partition coefficient (Wildman–Crippen LogP) is 5.03. The van der Waals surface area contributed by atoms with E-state index in [1.807, 2.05) is 13.8 Å². The standard InChI is InChI=1S/C18H34O3Si/c1-7-15-12-11-13-16-18(15,14-19-17(5,6)20-16)21-22(8-2,9-3)10-4/h7,16H,8-14H2,1-6H3/b15-7+/t16-,18-/m0/s1. The van der Waals surface area contributed by atoms with Crippen molar-refractivity contribution in [2.24, 2.45) is 0 Å². The van der Waals surface area contributed by atoms with Crippen LogP contribution < -0.4 is 0 Å². The average molecular weight is 327 g/mol. The third-order valence-corrected chi connectivity index (χ3v) is 10.4. The van der Waals surface area contributed by atoms with E-state index < -0.39 is 14.1 Å². The Bertz CT molecular complexity index is 406. The summed E-state index contributed by atoms with van der Waals surface area (Å²) in [5.74, 6) is -0.497. The van der Waals surface area contributed by atoms with Crippen molar-refractivity contribution in [1.82, 2.24) is 0 Å². The Hall–Kier alpha value is -0.163. The summed E-state index contributed by atoms with van der Waals surface area (Å²) in [6.45, 7) is 13.7. The lowest BCUT2D eigenvalue weighted by Gasteiger charge is -2.55. The maximum absolute atomic E-state index is 7.04. The highest BCUT2D eigenvalue weighted by molar-refractivity contribution is 6.73. The molecule has 0 amide bonds. The van der Waals surface area contributed by atoms with Gasteiger partial charge in [-0.05, 0) is 63.7 Å². The van der Waals surface area contributed by atoms with Crippen LogP contribution in [0.2, 0.25) is 18.1 Å². The molecule has 128 valence electrons. The lowest BCUT2D eigenvalue weighted by molar-refractivity contribution is -0.326. The monoisotopic (exact) mass is 326 g/mol. The number of allylic oxidation sites excluding steroid dienone is 1. The van der Waals surface area contributed by atoms with E-state index in [2.05, 4.69) is 33.8 Å². The highest BCUT2D eigenvalue weighted by Gasteiger charge is 2.55. The van der Waals surface area contributed by atoms with E-state index in [1.54, 1.807) is 0 Å². The molecule has 1 saturated heterocycles. The Morgan fingerprint density at radius 1 is 1.23 bits per heavy atom. The number of hydrogen-bond donors (Lipinski definition) is 0. The number of ether oxygens (including phenoxy) is 2. The van der Waals surface area contributed by atoms with Crippen LogP contribution in [0.1, 0.15) is 60.8 Å². The zero-order chi connectivity index (χ0) is 16.4. The molecule has 0 bridgehead atoms. The van der Waals surface area contributed by atoms with Crippen LogP contribution in [0.25, 0.3) is 0 Å². The molecule has 1 saturated carbocycles. The van der Waals surface area contributed by atoms with Crippen LogP contribution in [0.3, 0.4) is 0 Å². The fourth-order valence-corrected chi connectivity index (χ4v) is 7.06. The van der Waals surface area contributed by atoms with Gasteiger partial charge in [-0.1, -0.05) is 26.8 Å². The summed E-state index contributed by atoms with van der Waals surface area (Å²) in [5, 5.41) is 0. The van der Waals surface area contributed by atoms with E-state index in [1.165, 1.54) is 12.0 Å². The third kappa shape index (κ3) is 3.21. The first-order chi connectivity index (χ1) is 10.4. The summed E-state index contributed by atoms with van der Waals surface area (Å²) in [4.78, 5) is 0. The molecule has 0 spiro atoms. The van der Waals surface area contributed by atoms with Gasteiger partial charge in [0.15, 0.2) is 14.1 Å². The van der Waals surface area contributed by atoms with Crippen molar-refractivity contribution in [3.8, 4) is 0 Å². The number of fused-ring (bicyclic) bond motifs is 1. The Morgan fingerprint density at radius 3 is 2.41 bits per heavy atom. The molecule has 2 atom stereocenters. The summed E-state index contributed by atoms with van der Waals surface area (Å²) in [5.41, 5.74) is 1.06. The second-order valence-corrected chi connectivity index (χ2v) is 11.9. The molecule has 1 aliphatic carbocycles. The molecule has 2 aliphatic rings. The lowest BCUT2D eigenvalue weighted by atomic mass is 9.77. The molecular weight excluding hydrogens is 292 g/mol. The van der Waals surface area contributed by atoms with Crippen molar-refractivity contribution in [2.45, 2.75) is 96.4 Å². The average Bonchev–Trinajstić information content (AvgIpc) is 2.52. The van der Waals surface area contributed by atoms with Crippen LogP contribution in [0.15, 0.2) is 11.6 Å². The molecule has 0 radical (unpaired) electrons. The van der Waals surface area contributed by atoms with Gasteiger partial charge in [0.2, 0.25) is 0 Å². The minimum absolute atomic E-state index is 0.132. The fourth-order valence-electron chi connectivity index (χ4n) is 4.03. The van der Waals surface area contributed by atoms with Gasteiger partial charge in [-0.3, -0.25) is 0 Å². The summed E-state index contributed by atoms with van der Waals surface area (Å²) in [6.07, 6.45) is 5.75. The van der Waals surface area contributed by atoms with Gasteiger partial charge in [0.1, 0.15) is 5.60 Å². The van der Waals surface area contributed by atoms with Gasteiger partial charge in [0, 0.05) is 0 Å². The summed E-state index contributed by atoms with van der Waals surface area (Å²) in [7, 11) is -1.73. The molecule has 0 N–H and O–H groups in total. The minimum atomic E-state index is -1.73. The van der Waals surface area contributed by atoms with Gasteiger partial charge < -0.3 is 13.9 Å². The van der Waals surface area contributed by atoms with Gasteiger partial charge in [0.05, 0.1) is 12.7 Å². The maximum atomic E-state index is 7.04. The van der Waals surface area contributed by atoms with Crippen LogP contribution in [0.4, 0.5) is 0 Å². The largest absolute Gasteiger partial charge is 0.403 e. The molecule has 22 heavy (non-hydrogen) atoms. The summed E-state index contributed by atoms with van der Waals surface area (Å²) in [6, 6.07) is 3.48. The zero-order valence-electron chi connectivity index (χ0n) is 15.3. The Kier molecular flexibility index (Phi) is 5.58. The lowest BCUT2D eigenvalue weighted by Crippen LogP contribution is -2.65. The quantitative estimate of drug-likeness (QED) is 0.524. The molecular formula is C18H34O3Si. The van der Waals surface area contributed by atoms with E-state index >= 15 is 0 Å². The topological polar surface area (TPSA) is 27.7 Å². The van der Waals surface area contributed by atoms with Gasteiger partial charge in [-0.2, -0.15) is 0 Å². The van der Waals surface area contributed by atoms with Gasteiger partial charge in [0.25, 0.3) is 0 Å². The van der Waals surface area contributed by atoms with Crippen LogP contribution >= 0.6 is 0 Å². The SMILES string of the molecule is C/C=C1\CCC[C@@H]2OC(C)(C)OC[C@]12O[Si](CC)(CC)CC. The zero-order valence-corrected chi connectivity index (χ0v) is 16.3. The molecule has 4 heteroatoms. The third-order valence-electron chi connectivity index (χ3n) is 5.72. The second-order valence-electron chi connectivity index (χ2n) is 7.24. The van der Waals surface area contributed by atoms with Crippen molar-refractivity contribution in [3.05, 3.63) is 11.6 Å². The second kappa shape index (κ2) is 6.76. The first-order valence-corrected chi connectivity index (χ1v) is 11.6. The summed E-state index contributed by atoms with van der Waals surface area (Å²) < 4.78 is 19.4. The maximum Gasteiger partial charge on any atom is 0.193 e. The van der Waals surface area contributed by atoms with Crippen molar-refractivity contribution in [2.75, 3.05) is 6.61 Å². The van der Waals surface area contributed by atoms with Gasteiger partial charge in [-0.25, -0.2) is 0 Å². The van der Waals surface area contributed by atoms with E-state index in [9.17, 15) is 0 Å². The minimum Gasteiger partial charge on any atom is -0.403 e. The molecule has 2 fully saturated rings. The van der Waals surface area contributed by atoms with E-state index in [4.69, 9.17) is 13.9 Å². The highest BCUT2D eigenvalue weighted by atomic mass is 28.4. The number of hydrogen-bond acceptors (Lipinski definition) is 3. The Balaban J connectivity index is 2.38. The Labute approximate surface area is 137 Å². The Morgan fingerprint density at radius 2 is 1.86 bits per heavy atom. The normalized spacial score (nSPS) is 33.7. The summed E-state index contributed by atoms with van der Waals surface area (Å²) >= 11 is 0. The molecule has 2 rings (SSSR count). The molecule has 0 aromatic rings. The van der Waals surface area contributed by atoms with Crippen molar-refractivity contribution < 1.29 is 13.9 Å². The fraction of sp³-hybridized carbons (Fsp3) is 0.889. The first-order valence-electron chi connectivity index (χ1n) is 9.04. The van der Waals surface area contributed by atoms with Crippen molar-refractivity contribution in [3.63, 3.8) is 0 Å². The molecule has 0 unspecified atom stereocenters. The van der Waals surface area contributed by atoms with E-state index in [-0.39, 0.29) is 11.7 Å². The molecule has 0 aromatic carbocycles. The van der Waals surface area contributed by atoms with Gasteiger partial charge in [-0.15, -0.1) is 0 Å². The smallest absolute Gasteiger partial charge is 0.193 e. The molecule has 1 heterocycles. The van der Waals surface area contributed by atoms with Crippen LogP contribution in [0, 0.1) is 0 Å². The first kappa shape index (κ1) is 18.2. The molecule has 3 nitrogen and oxygen atoms in total. The highest BCUT2D eigenvalue weighted by Crippen LogP contribution is 2.46. The molecule has 0 aromatic heterocycles. The van der Waals surface area contributed by atoms with Crippen LogP contribution in [0.5, 0.6) is 0 Å². The van der Waals surface area contributed by atoms with Crippen LogP contribution in [-0.2, 0) is 13.9 Å².